The van der Waals surface area contributed by atoms with E-state index in [1.54, 1.807) is 0 Å². The Morgan fingerprint density at radius 2 is 2.00 bits per heavy atom. The second-order valence-electron chi connectivity index (χ2n) is 4.82. The molecule has 0 saturated carbocycles. The second kappa shape index (κ2) is 4.60. The van der Waals surface area contributed by atoms with Crippen LogP contribution in [-0.4, -0.2) is 30.2 Å². The molecule has 14 heavy (non-hydrogen) atoms. The van der Waals surface area contributed by atoms with Gasteiger partial charge < -0.3 is 14.6 Å². The van der Waals surface area contributed by atoms with Crippen molar-refractivity contribution in [2.24, 2.45) is 11.8 Å². The Morgan fingerprint density at radius 1 is 1.36 bits per heavy atom. The average molecular weight is 202 g/mol. The van der Waals surface area contributed by atoms with Crippen molar-refractivity contribution in [3.05, 3.63) is 0 Å². The third-order valence-electron chi connectivity index (χ3n) is 2.96. The third-order valence-corrected chi connectivity index (χ3v) is 2.96. The lowest BCUT2D eigenvalue weighted by molar-refractivity contribution is -0.140. The van der Waals surface area contributed by atoms with Crippen LogP contribution in [0.1, 0.15) is 34.1 Å². The molecule has 0 aliphatic carbocycles. The molecule has 0 amide bonds. The molecule has 0 unspecified atom stereocenters. The molecule has 1 rings (SSSR count). The van der Waals surface area contributed by atoms with Crippen molar-refractivity contribution in [3.63, 3.8) is 0 Å². The summed E-state index contributed by atoms with van der Waals surface area (Å²) < 4.78 is 11.2. The molecule has 84 valence electrons. The fourth-order valence-electron chi connectivity index (χ4n) is 1.71. The van der Waals surface area contributed by atoms with Crippen LogP contribution in [0.2, 0.25) is 0 Å². The minimum Gasteiger partial charge on any atom is -0.396 e. The molecule has 3 heteroatoms. The van der Waals surface area contributed by atoms with Crippen LogP contribution in [0.3, 0.4) is 0 Å². The minimum atomic E-state index is -0.424. The lowest BCUT2D eigenvalue weighted by atomic mass is 9.91. The molecule has 0 aromatic carbocycles. The summed E-state index contributed by atoms with van der Waals surface area (Å²) in [5.41, 5.74) is 0. The number of rotatable bonds is 4. The predicted molar refractivity (Wildman–Crippen MR) is 54.9 cm³/mol. The van der Waals surface area contributed by atoms with Crippen LogP contribution in [0, 0.1) is 11.8 Å². The van der Waals surface area contributed by atoms with Gasteiger partial charge in [0.05, 0.1) is 12.7 Å². The highest BCUT2D eigenvalue weighted by Gasteiger charge is 2.33. The first kappa shape index (κ1) is 12.0. The number of hydrogen-bond acceptors (Lipinski definition) is 3. The highest BCUT2D eigenvalue weighted by atomic mass is 16.7. The summed E-state index contributed by atoms with van der Waals surface area (Å²) in [6.45, 7) is 9.01. The molecule has 1 saturated heterocycles. The Hall–Kier alpha value is -0.120. The van der Waals surface area contributed by atoms with E-state index in [-0.39, 0.29) is 12.7 Å². The van der Waals surface area contributed by atoms with Gasteiger partial charge in [0.2, 0.25) is 0 Å². The zero-order valence-corrected chi connectivity index (χ0v) is 9.62. The molecular weight excluding hydrogens is 180 g/mol. The molecule has 1 heterocycles. The van der Waals surface area contributed by atoms with Gasteiger partial charge in [-0.25, -0.2) is 0 Å². The van der Waals surface area contributed by atoms with E-state index in [1.165, 1.54) is 0 Å². The van der Waals surface area contributed by atoms with Gasteiger partial charge in [0, 0.05) is 6.61 Å². The minimum absolute atomic E-state index is 0.189. The summed E-state index contributed by atoms with van der Waals surface area (Å²) in [6.07, 6.45) is 1.15. The monoisotopic (exact) mass is 202 g/mol. The van der Waals surface area contributed by atoms with E-state index in [1.807, 2.05) is 13.8 Å². The van der Waals surface area contributed by atoms with Gasteiger partial charge in [-0.15, -0.1) is 0 Å². The van der Waals surface area contributed by atoms with E-state index in [2.05, 4.69) is 13.8 Å². The Balaban J connectivity index is 2.32. The van der Waals surface area contributed by atoms with Crippen LogP contribution in [0.4, 0.5) is 0 Å². The molecule has 0 aromatic rings. The molecule has 1 aliphatic rings. The number of aliphatic hydroxyl groups is 1. The van der Waals surface area contributed by atoms with Crippen molar-refractivity contribution in [1.29, 1.82) is 0 Å². The van der Waals surface area contributed by atoms with Crippen molar-refractivity contribution in [1.82, 2.24) is 0 Å². The fourth-order valence-corrected chi connectivity index (χ4v) is 1.71. The van der Waals surface area contributed by atoms with Crippen molar-refractivity contribution >= 4 is 0 Å². The summed E-state index contributed by atoms with van der Waals surface area (Å²) >= 11 is 0. The van der Waals surface area contributed by atoms with Crippen LogP contribution in [0.15, 0.2) is 0 Å². The molecule has 0 radical (unpaired) electrons. The molecular formula is C11H22O3. The molecule has 1 N–H and O–H groups in total. The van der Waals surface area contributed by atoms with E-state index >= 15 is 0 Å². The molecule has 0 bridgehead atoms. The van der Waals surface area contributed by atoms with Crippen molar-refractivity contribution < 1.29 is 14.6 Å². The van der Waals surface area contributed by atoms with Crippen LogP contribution in [0.25, 0.3) is 0 Å². The molecule has 3 atom stereocenters. The van der Waals surface area contributed by atoms with Gasteiger partial charge in [0.1, 0.15) is 0 Å². The average Bonchev–Trinajstić information content (AvgIpc) is 2.44. The summed E-state index contributed by atoms with van der Waals surface area (Å²) in [5, 5.41) is 9.01. The SMILES string of the molecule is C[C@H](CO)[C@@H](C)C[C@H]1COC(C)(C)O1. The van der Waals surface area contributed by atoms with E-state index in [4.69, 9.17) is 14.6 Å². The van der Waals surface area contributed by atoms with Gasteiger partial charge in [-0.2, -0.15) is 0 Å². The summed E-state index contributed by atoms with van der Waals surface area (Å²) in [6, 6.07) is 0. The van der Waals surface area contributed by atoms with Gasteiger partial charge in [-0.1, -0.05) is 13.8 Å². The summed E-state index contributed by atoms with van der Waals surface area (Å²) in [4.78, 5) is 0. The van der Waals surface area contributed by atoms with Crippen LogP contribution in [-0.2, 0) is 9.47 Å². The molecule has 0 aromatic heterocycles. The van der Waals surface area contributed by atoms with Crippen LogP contribution in [0.5, 0.6) is 0 Å². The molecule has 3 nitrogen and oxygen atoms in total. The van der Waals surface area contributed by atoms with E-state index in [9.17, 15) is 0 Å². The van der Waals surface area contributed by atoms with Gasteiger partial charge >= 0.3 is 0 Å². The predicted octanol–water partition coefficient (Wildman–Crippen LogP) is 1.79. The Bertz CT molecular complexity index is 179. The molecule has 0 spiro atoms. The Kier molecular flexibility index (Phi) is 3.93. The number of ether oxygens (including phenoxy) is 2. The van der Waals surface area contributed by atoms with Crippen molar-refractivity contribution in [3.8, 4) is 0 Å². The smallest absolute Gasteiger partial charge is 0.163 e. The highest BCUT2D eigenvalue weighted by Crippen LogP contribution is 2.28. The van der Waals surface area contributed by atoms with E-state index in [0.29, 0.717) is 18.4 Å². The number of hydrogen-bond donors (Lipinski definition) is 1. The highest BCUT2D eigenvalue weighted by molar-refractivity contribution is 4.74. The van der Waals surface area contributed by atoms with Gasteiger partial charge in [-0.05, 0) is 32.1 Å². The lowest BCUT2D eigenvalue weighted by Crippen LogP contribution is -2.24. The maximum absolute atomic E-state index is 9.01. The van der Waals surface area contributed by atoms with Crippen molar-refractivity contribution in [2.45, 2.75) is 46.0 Å². The number of aliphatic hydroxyl groups excluding tert-OH is 1. The maximum atomic E-state index is 9.01. The second-order valence-corrected chi connectivity index (χ2v) is 4.82. The summed E-state index contributed by atoms with van der Waals surface area (Å²) in [5.74, 6) is 0.386. The van der Waals surface area contributed by atoms with Crippen LogP contribution >= 0.6 is 0 Å². The molecule has 1 aliphatic heterocycles. The first-order valence-corrected chi connectivity index (χ1v) is 5.37. The third kappa shape index (κ3) is 3.23. The lowest BCUT2D eigenvalue weighted by Gasteiger charge is -2.22. The fraction of sp³-hybridized carbons (Fsp3) is 1.00. The Morgan fingerprint density at radius 3 is 2.43 bits per heavy atom. The zero-order valence-electron chi connectivity index (χ0n) is 9.62. The van der Waals surface area contributed by atoms with E-state index < -0.39 is 5.79 Å². The first-order chi connectivity index (χ1) is 6.44. The van der Waals surface area contributed by atoms with Crippen LogP contribution < -0.4 is 0 Å². The first-order valence-electron chi connectivity index (χ1n) is 5.37. The quantitative estimate of drug-likeness (QED) is 0.755. The van der Waals surface area contributed by atoms with E-state index in [0.717, 1.165) is 6.42 Å². The van der Waals surface area contributed by atoms with Gasteiger partial charge in [0.25, 0.3) is 0 Å². The normalized spacial score (nSPS) is 30.2. The molecule has 1 fully saturated rings. The maximum Gasteiger partial charge on any atom is 0.163 e. The largest absolute Gasteiger partial charge is 0.396 e. The van der Waals surface area contributed by atoms with Crippen molar-refractivity contribution in [2.75, 3.05) is 13.2 Å². The summed E-state index contributed by atoms with van der Waals surface area (Å²) in [7, 11) is 0. The standard InChI is InChI=1S/C11H22O3/c1-8(9(2)6-12)5-10-7-13-11(3,4)14-10/h8-10,12H,5-7H2,1-4H3/t8-,9+,10-/m0/s1. The zero-order chi connectivity index (χ0) is 10.8. The van der Waals surface area contributed by atoms with Gasteiger partial charge in [-0.3, -0.25) is 0 Å². The Labute approximate surface area is 86.4 Å². The topological polar surface area (TPSA) is 38.7 Å². The van der Waals surface area contributed by atoms with Gasteiger partial charge in [0.15, 0.2) is 5.79 Å².